The number of ether oxygens (including phenoxy) is 1. The standard InChI is InChI=1S/C29H37N7O3/c37-18-26(22-6-2-1-3-7-22)32-29-28-25-9-11-35(16-23(25)17-36(28)31-21-30-29)27(38)8-4-5-10-33-12-14-34(15-13-33)24-19-39-20-24/h1-4,6-8,17,21,24,26,37H,5,9-16,18-20H2,(H,30,31,32)/b8-4+/t26-/m1/s1. The molecule has 0 unspecified atom stereocenters. The highest BCUT2D eigenvalue weighted by atomic mass is 16.5. The molecule has 2 N–H and O–H groups in total. The Morgan fingerprint density at radius 1 is 1.15 bits per heavy atom. The normalized spacial score (nSPS) is 19.8. The van der Waals surface area contributed by atoms with Gasteiger partial charge in [-0.05, 0) is 35.6 Å². The fourth-order valence-corrected chi connectivity index (χ4v) is 5.78. The van der Waals surface area contributed by atoms with Gasteiger partial charge in [0.1, 0.15) is 11.8 Å². The second-order valence-electron chi connectivity index (χ2n) is 10.6. The van der Waals surface area contributed by atoms with Gasteiger partial charge in [-0.15, -0.1) is 0 Å². The lowest BCUT2D eigenvalue weighted by Gasteiger charge is -2.42. The molecular weight excluding hydrogens is 494 g/mol. The van der Waals surface area contributed by atoms with Crippen molar-refractivity contribution in [2.24, 2.45) is 0 Å². The Morgan fingerprint density at radius 2 is 1.97 bits per heavy atom. The van der Waals surface area contributed by atoms with E-state index < -0.39 is 0 Å². The number of hydrogen-bond acceptors (Lipinski definition) is 8. The fraction of sp³-hybridized carbons (Fsp3) is 0.483. The topological polar surface area (TPSA) is 98.5 Å². The van der Waals surface area contributed by atoms with Crippen LogP contribution < -0.4 is 5.32 Å². The number of benzene rings is 1. The molecule has 0 radical (unpaired) electrons. The van der Waals surface area contributed by atoms with E-state index in [-0.39, 0.29) is 18.6 Å². The predicted molar refractivity (Wildman–Crippen MR) is 148 cm³/mol. The van der Waals surface area contributed by atoms with E-state index in [9.17, 15) is 9.90 Å². The zero-order chi connectivity index (χ0) is 26.6. The number of carbonyl (C=O) groups excluding carboxylic acids is 1. The van der Waals surface area contributed by atoms with Crippen LogP contribution in [0.1, 0.15) is 29.2 Å². The molecule has 1 aromatic carbocycles. The second-order valence-corrected chi connectivity index (χ2v) is 10.6. The minimum Gasteiger partial charge on any atom is -0.394 e. The summed E-state index contributed by atoms with van der Waals surface area (Å²) in [4.78, 5) is 24.4. The van der Waals surface area contributed by atoms with Gasteiger partial charge in [0.2, 0.25) is 5.91 Å². The first-order chi connectivity index (χ1) is 19.2. The average molecular weight is 532 g/mol. The SMILES string of the molecule is O=C(/C=C/CCN1CCN(C2COC2)CC1)N1CCc2c(cn3ncnc(N[C@H](CO)c4ccccc4)c23)C1. The van der Waals surface area contributed by atoms with Crippen LogP contribution in [0.3, 0.4) is 0 Å². The molecule has 0 bridgehead atoms. The number of anilines is 1. The number of nitrogens with zero attached hydrogens (tertiary/aromatic N) is 6. The lowest BCUT2D eigenvalue weighted by Crippen LogP contribution is -2.56. The number of hydrogen-bond donors (Lipinski definition) is 2. The molecule has 3 aliphatic heterocycles. The van der Waals surface area contributed by atoms with Gasteiger partial charge < -0.3 is 25.0 Å². The van der Waals surface area contributed by atoms with Gasteiger partial charge in [0.15, 0.2) is 5.82 Å². The molecule has 3 aliphatic rings. The van der Waals surface area contributed by atoms with Crippen LogP contribution in [0, 0.1) is 0 Å². The monoisotopic (exact) mass is 531 g/mol. The van der Waals surface area contributed by atoms with Crippen LogP contribution in [0.4, 0.5) is 5.82 Å². The minimum atomic E-state index is -0.275. The zero-order valence-electron chi connectivity index (χ0n) is 22.3. The van der Waals surface area contributed by atoms with Crippen molar-refractivity contribution < 1.29 is 14.6 Å². The molecule has 2 aromatic heterocycles. The molecule has 1 atom stereocenters. The van der Waals surface area contributed by atoms with Crippen molar-refractivity contribution in [2.45, 2.75) is 31.5 Å². The first-order valence-electron chi connectivity index (χ1n) is 14.0. The molecule has 2 saturated heterocycles. The van der Waals surface area contributed by atoms with Crippen molar-refractivity contribution in [1.29, 1.82) is 0 Å². The van der Waals surface area contributed by atoms with Crippen LogP contribution >= 0.6 is 0 Å². The second kappa shape index (κ2) is 11.8. The predicted octanol–water partition coefficient (Wildman–Crippen LogP) is 1.72. The number of piperazine rings is 1. The summed E-state index contributed by atoms with van der Waals surface area (Å²) in [6.07, 6.45) is 8.89. The van der Waals surface area contributed by atoms with Crippen LogP contribution in [0.15, 0.2) is 55.0 Å². The summed E-state index contributed by atoms with van der Waals surface area (Å²) >= 11 is 0. The molecule has 1 amide bonds. The quantitative estimate of drug-likeness (QED) is 0.403. The van der Waals surface area contributed by atoms with E-state index >= 15 is 0 Å². The summed E-state index contributed by atoms with van der Waals surface area (Å²) in [5, 5.41) is 17.9. The lowest BCUT2D eigenvalue weighted by atomic mass is 10.0. The smallest absolute Gasteiger partial charge is 0.246 e. The first-order valence-corrected chi connectivity index (χ1v) is 14.0. The van der Waals surface area contributed by atoms with Gasteiger partial charge in [-0.2, -0.15) is 5.10 Å². The minimum absolute atomic E-state index is 0.0518. The molecule has 10 nitrogen and oxygen atoms in total. The highest BCUT2D eigenvalue weighted by molar-refractivity contribution is 5.88. The van der Waals surface area contributed by atoms with Crippen molar-refractivity contribution in [3.05, 3.63) is 71.7 Å². The maximum Gasteiger partial charge on any atom is 0.246 e. The van der Waals surface area contributed by atoms with Crippen molar-refractivity contribution in [3.8, 4) is 0 Å². The van der Waals surface area contributed by atoms with E-state index in [0.717, 1.165) is 81.0 Å². The van der Waals surface area contributed by atoms with Crippen LogP contribution in [0.2, 0.25) is 0 Å². The number of aliphatic hydroxyl groups is 1. The average Bonchev–Trinajstić information content (AvgIpc) is 3.33. The summed E-state index contributed by atoms with van der Waals surface area (Å²) in [7, 11) is 0. The van der Waals surface area contributed by atoms with Gasteiger partial charge in [-0.25, -0.2) is 9.50 Å². The molecule has 10 heteroatoms. The Morgan fingerprint density at radius 3 is 2.72 bits per heavy atom. The number of nitrogens with one attached hydrogen (secondary N) is 1. The molecule has 5 heterocycles. The molecule has 6 rings (SSSR count). The molecular formula is C29H37N7O3. The van der Waals surface area contributed by atoms with Gasteiger partial charge in [0.25, 0.3) is 0 Å². The number of rotatable bonds is 9. The zero-order valence-corrected chi connectivity index (χ0v) is 22.3. The summed E-state index contributed by atoms with van der Waals surface area (Å²) in [6, 6.07) is 10.2. The Bertz CT molecular complexity index is 1300. The molecule has 0 aliphatic carbocycles. The van der Waals surface area contributed by atoms with Gasteiger partial charge in [0, 0.05) is 52.0 Å². The third-order valence-electron chi connectivity index (χ3n) is 8.18. The van der Waals surface area contributed by atoms with Gasteiger partial charge >= 0.3 is 0 Å². The molecule has 0 spiro atoms. The van der Waals surface area contributed by atoms with E-state index in [2.05, 4.69) is 25.2 Å². The van der Waals surface area contributed by atoms with Crippen molar-refractivity contribution in [3.63, 3.8) is 0 Å². The highest BCUT2D eigenvalue weighted by Crippen LogP contribution is 2.30. The summed E-state index contributed by atoms with van der Waals surface area (Å²) in [6.45, 7) is 8.28. The van der Waals surface area contributed by atoms with E-state index in [1.165, 1.54) is 6.33 Å². The molecule has 2 fully saturated rings. The van der Waals surface area contributed by atoms with Crippen molar-refractivity contribution in [1.82, 2.24) is 29.3 Å². The largest absolute Gasteiger partial charge is 0.394 e. The molecule has 206 valence electrons. The third kappa shape index (κ3) is 5.69. The Hall–Kier alpha value is -3.31. The highest BCUT2D eigenvalue weighted by Gasteiger charge is 2.29. The number of carbonyl (C=O) groups is 1. The number of fused-ring (bicyclic) bond motifs is 3. The number of aromatic nitrogens is 3. The number of amides is 1. The summed E-state index contributed by atoms with van der Waals surface area (Å²) in [5.41, 5.74) is 4.14. The van der Waals surface area contributed by atoms with Crippen LogP contribution in [0.5, 0.6) is 0 Å². The van der Waals surface area contributed by atoms with E-state index in [1.807, 2.05) is 52.0 Å². The van der Waals surface area contributed by atoms with E-state index in [1.54, 1.807) is 6.08 Å². The van der Waals surface area contributed by atoms with Crippen LogP contribution in [-0.2, 0) is 22.5 Å². The molecule has 39 heavy (non-hydrogen) atoms. The first kappa shape index (κ1) is 25.9. The van der Waals surface area contributed by atoms with E-state index in [4.69, 9.17) is 4.74 Å². The van der Waals surface area contributed by atoms with Crippen LogP contribution in [-0.4, -0.2) is 105 Å². The number of aliphatic hydroxyl groups excluding tert-OH is 1. The van der Waals surface area contributed by atoms with Gasteiger partial charge in [-0.3, -0.25) is 9.69 Å². The van der Waals surface area contributed by atoms with Crippen LogP contribution in [0.25, 0.3) is 5.52 Å². The maximum absolute atomic E-state index is 13.0. The lowest BCUT2D eigenvalue weighted by molar-refractivity contribution is -0.126. The fourth-order valence-electron chi connectivity index (χ4n) is 5.78. The third-order valence-corrected chi connectivity index (χ3v) is 8.18. The van der Waals surface area contributed by atoms with Gasteiger partial charge in [0.05, 0.1) is 31.9 Å². The van der Waals surface area contributed by atoms with Crippen molar-refractivity contribution in [2.75, 3.05) is 64.4 Å². The van der Waals surface area contributed by atoms with Crippen molar-refractivity contribution >= 4 is 17.2 Å². The van der Waals surface area contributed by atoms with Gasteiger partial charge in [-0.1, -0.05) is 36.4 Å². The Labute approximate surface area is 228 Å². The summed E-state index contributed by atoms with van der Waals surface area (Å²) < 4.78 is 7.16. The Balaban J connectivity index is 1.05. The molecule has 0 saturated carbocycles. The maximum atomic E-state index is 13.0. The van der Waals surface area contributed by atoms with E-state index in [0.29, 0.717) is 24.9 Å². The molecule has 3 aromatic rings. The Kier molecular flexibility index (Phi) is 7.87. The summed E-state index contributed by atoms with van der Waals surface area (Å²) in [5.74, 6) is 0.746.